The van der Waals surface area contributed by atoms with Crippen LogP contribution in [-0.4, -0.2) is 53.4 Å². The van der Waals surface area contributed by atoms with E-state index in [9.17, 15) is 18.0 Å². The summed E-state index contributed by atoms with van der Waals surface area (Å²) in [6, 6.07) is 4.90. The highest BCUT2D eigenvalue weighted by atomic mass is 19.4. The molecule has 3 heterocycles. The predicted molar refractivity (Wildman–Crippen MR) is 124 cm³/mol. The Morgan fingerprint density at radius 2 is 1.86 bits per heavy atom. The minimum Gasteiger partial charge on any atom is -0.406 e. The third-order valence-corrected chi connectivity index (χ3v) is 7.25. The van der Waals surface area contributed by atoms with Gasteiger partial charge in [0.25, 0.3) is 5.91 Å². The van der Waals surface area contributed by atoms with Crippen molar-refractivity contribution in [2.75, 3.05) is 20.2 Å². The number of likely N-dealkylation sites (tertiary alicyclic amines) is 1. The van der Waals surface area contributed by atoms with E-state index >= 15 is 4.39 Å². The quantitative estimate of drug-likeness (QED) is 0.375. The Morgan fingerprint density at radius 1 is 1.14 bits per heavy atom. The van der Waals surface area contributed by atoms with Gasteiger partial charge in [-0.2, -0.15) is 0 Å². The van der Waals surface area contributed by atoms with Crippen molar-refractivity contribution in [1.82, 2.24) is 14.9 Å². The number of ether oxygens (including phenoxy) is 2. The lowest BCUT2D eigenvalue weighted by atomic mass is 9.86. The molecular formula is C26H27F4N3O3. The van der Waals surface area contributed by atoms with Gasteiger partial charge >= 0.3 is 6.36 Å². The van der Waals surface area contributed by atoms with Crippen molar-refractivity contribution >= 4 is 16.9 Å². The van der Waals surface area contributed by atoms with Crippen molar-refractivity contribution in [3.8, 4) is 5.75 Å². The third-order valence-electron chi connectivity index (χ3n) is 7.25. The monoisotopic (exact) mass is 505 g/mol. The molecular weight excluding hydrogens is 478 g/mol. The standard InChI is InChI=1S/C26H27F4N3O3/c1-35-18-3-2-4-21-19(13-18)23-22(20(27)14-31-24(23)32-21)15-9-11-33(12-10-15)25(34)16-5-7-17(8-6-16)36-26(28,29)30/h5-8,14-15,18H,2-4,9-13H2,1H3,(H,31,32)/t18-/m0/s1. The summed E-state index contributed by atoms with van der Waals surface area (Å²) in [5.41, 5.74) is 3.79. The van der Waals surface area contributed by atoms with Gasteiger partial charge in [0.1, 0.15) is 17.2 Å². The van der Waals surface area contributed by atoms with Gasteiger partial charge in [0.05, 0.1) is 12.3 Å². The highest BCUT2D eigenvalue weighted by Crippen LogP contribution is 2.39. The van der Waals surface area contributed by atoms with E-state index in [0.29, 0.717) is 43.6 Å². The van der Waals surface area contributed by atoms with Crippen LogP contribution < -0.4 is 4.74 Å². The predicted octanol–water partition coefficient (Wildman–Crippen LogP) is 5.51. The van der Waals surface area contributed by atoms with Gasteiger partial charge in [-0.1, -0.05) is 0 Å². The number of benzene rings is 1. The number of methoxy groups -OCH3 is 1. The summed E-state index contributed by atoms with van der Waals surface area (Å²) in [6.45, 7) is 0.835. The van der Waals surface area contributed by atoms with Gasteiger partial charge in [-0.05, 0) is 67.9 Å². The average Bonchev–Trinajstić information content (AvgIpc) is 3.06. The number of fused-ring (bicyclic) bond motifs is 3. The van der Waals surface area contributed by atoms with E-state index in [0.717, 1.165) is 48.0 Å². The number of nitrogens with zero attached hydrogens (tertiary/aromatic N) is 2. The van der Waals surface area contributed by atoms with Gasteiger partial charge < -0.3 is 19.4 Å². The van der Waals surface area contributed by atoms with Crippen LogP contribution in [0.25, 0.3) is 11.0 Å². The number of amides is 1. The van der Waals surface area contributed by atoms with Crippen molar-refractivity contribution in [1.29, 1.82) is 0 Å². The van der Waals surface area contributed by atoms with Crippen LogP contribution in [0.4, 0.5) is 17.6 Å². The Hall–Kier alpha value is -3.14. The van der Waals surface area contributed by atoms with E-state index in [1.807, 2.05) is 0 Å². The summed E-state index contributed by atoms with van der Waals surface area (Å²) in [7, 11) is 1.70. The van der Waals surface area contributed by atoms with Crippen LogP contribution in [0.2, 0.25) is 0 Å². The molecule has 1 aliphatic carbocycles. The molecule has 10 heteroatoms. The first-order valence-corrected chi connectivity index (χ1v) is 12.1. The lowest BCUT2D eigenvalue weighted by molar-refractivity contribution is -0.274. The molecule has 0 unspecified atom stereocenters. The van der Waals surface area contributed by atoms with Crippen molar-refractivity contribution in [2.45, 2.75) is 56.9 Å². The van der Waals surface area contributed by atoms with Crippen molar-refractivity contribution in [3.05, 3.63) is 58.7 Å². The Balaban J connectivity index is 1.34. The van der Waals surface area contributed by atoms with Gasteiger partial charge in [0.15, 0.2) is 0 Å². The van der Waals surface area contributed by atoms with Crippen LogP contribution in [0.1, 0.15) is 58.8 Å². The summed E-state index contributed by atoms with van der Waals surface area (Å²) >= 11 is 0. The van der Waals surface area contributed by atoms with Crippen LogP contribution in [-0.2, 0) is 17.6 Å². The Labute approximate surface area is 205 Å². The van der Waals surface area contributed by atoms with Gasteiger partial charge in [-0.3, -0.25) is 4.79 Å². The van der Waals surface area contributed by atoms with Gasteiger partial charge in [-0.25, -0.2) is 9.37 Å². The van der Waals surface area contributed by atoms with Gasteiger partial charge in [-0.15, -0.1) is 13.2 Å². The minimum atomic E-state index is -4.79. The average molecular weight is 506 g/mol. The second-order valence-electron chi connectivity index (χ2n) is 9.42. The smallest absolute Gasteiger partial charge is 0.406 e. The Kier molecular flexibility index (Phi) is 6.63. The molecule has 0 bridgehead atoms. The number of hydrogen-bond donors (Lipinski definition) is 1. The van der Waals surface area contributed by atoms with Gasteiger partial charge in [0.2, 0.25) is 0 Å². The Morgan fingerprint density at radius 3 is 2.53 bits per heavy atom. The third kappa shape index (κ3) is 4.91. The molecule has 0 saturated carbocycles. The molecule has 5 rings (SSSR count). The Bertz CT molecular complexity index is 1250. The first-order chi connectivity index (χ1) is 17.2. The number of H-pyrrole nitrogens is 1. The minimum absolute atomic E-state index is 0.0775. The van der Waals surface area contributed by atoms with E-state index in [1.54, 1.807) is 12.0 Å². The number of aromatic nitrogens is 2. The van der Waals surface area contributed by atoms with Crippen LogP contribution >= 0.6 is 0 Å². The number of pyridine rings is 1. The molecule has 1 fully saturated rings. The number of carbonyl (C=O) groups excluding carboxylic acids is 1. The number of nitrogens with one attached hydrogen (secondary N) is 1. The lowest BCUT2D eigenvalue weighted by Crippen LogP contribution is -2.38. The maximum absolute atomic E-state index is 15.2. The number of halogens is 4. The number of aryl methyl sites for hydroxylation is 1. The zero-order valence-electron chi connectivity index (χ0n) is 19.8. The largest absolute Gasteiger partial charge is 0.573 e. The highest BCUT2D eigenvalue weighted by molar-refractivity contribution is 5.94. The van der Waals surface area contributed by atoms with Crippen LogP contribution in [0.5, 0.6) is 5.75 Å². The maximum atomic E-state index is 15.2. The molecule has 0 radical (unpaired) electrons. The molecule has 1 aliphatic heterocycles. The van der Waals surface area contributed by atoms with Crippen molar-refractivity contribution in [3.63, 3.8) is 0 Å². The molecule has 1 amide bonds. The lowest BCUT2D eigenvalue weighted by Gasteiger charge is -2.33. The van der Waals surface area contributed by atoms with Crippen LogP contribution in [0.15, 0.2) is 30.5 Å². The van der Waals surface area contributed by atoms with Crippen LogP contribution in [0.3, 0.4) is 0 Å². The molecule has 36 heavy (non-hydrogen) atoms. The number of aromatic amines is 1. The van der Waals surface area contributed by atoms with E-state index in [-0.39, 0.29) is 35.1 Å². The van der Waals surface area contributed by atoms with Crippen molar-refractivity contribution in [2.24, 2.45) is 0 Å². The number of alkyl halides is 3. The molecule has 1 N–H and O–H groups in total. The summed E-state index contributed by atoms with van der Waals surface area (Å²) in [4.78, 5) is 22.3. The molecule has 1 saturated heterocycles. The van der Waals surface area contributed by atoms with Crippen LogP contribution in [0, 0.1) is 5.82 Å². The molecule has 0 spiro atoms. The molecule has 1 aromatic carbocycles. The zero-order valence-corrected chi connectivity index (χ0v) is 19.8. The van der Waals surface area contributed by atoms with E-state index in [2.05, 4.69) is 14.7 Å². The summed E-state index contributed by atoms with van der Waals surface area (Å²) < 4.78 is 61.9. The van der Waals surface area contributed by atoms with E-state index in [4.69, 9.17) is 4.74 Å². The first-order valence-electron chi connectivity index (χ1n) is 12.1. The normalized spacial score (nSPS) is 19.2. The van der Waals surface area contributed by atoms with E-state index in [1.165, 1.54) is 18.3 Å². The molecule has 2 aromatic heterocycles. The fraction of sp³-hybridized carbons (Fsp3) is 0.462. The number of piperidine rings is 1. The fourth-order valence-corrected chi connectivity index (χ4v) is 5.50. The molecule has 192 valence electrons. The number of carbonyl (C=O) groups is 1. The summed E-state index contributed by atoms with van der Waals surface area (Å²) in [5.74, 6) is -1.07. The topological polar surface area (TPSA) is 67.5 Å². The van der Waals surface area contributed by atoms with E-state index < -0.39 is 6.36 Å². The second-order valence-corrected chi connectivity index (χ2v) is 9.42. The van der Waals surface area contributed by atoms with Gasteiger partial charge in [0, 0.05) is 48.8 Å². The highest BCUT2D eigenvalue weighted by Gasteiger charge is 2.32. The molecule has 3 aromatic rings. The zero-order chi connectivity index (χ0) is 25.4. The SMILES string of the molecule is CO[C@H]1CCCc2[nH]c3ncc(F)c(C4CCN(C(=O)c5ccc(OC(F)(F)F)cc5)CC4)c3c2C1. The summed E-state index contributed by atoms with van der Waals surface area (Å²) in [5, 5.41) is 0.846. The second kappa shape index (κ2) is 9.72. The molecule has 2 aliphatic rings. The molecule has 6 nitrogen and oxygen atoms in total. The first kappa shape index (κ1) is 24.5. The summed E-state index contributed by atoms with van der Waals surface area (Å²) in [6.07, 6.45) is 1.21. The fourth-order valence-electron chi connectivity index (χ4n) is 5.50. The number of rotatable bonds is 4. The number of hydrogen-bond acceptors (Lipinski definition) is 4. The van der Waals surface area contributed by atoms with Crippen molar-refractivity contribution < 1.29 is 31.8 Å². The maximum Gasteiger partial charge on any atom is 0.573 e. The molecule has 1 atom stereocenters.